The summed E-state index contributed by atoms with van der Waals surface area (Å²) in [6, 6.07) is 7.53. The predicted octanol–water partition coefficient (Wildman–Crippen LogP) is 2.63. The van der Waals surface area contributed by atoms with Crippen LogP contribution in [0.5, 0.6) is 5.75 Å². The minimum atomic E-state index is 0.699. The lowest BCUT2D eigenvalue weighted by Crippen LogP contribution is -2.20. The van der Waals surface area contributed by atoms with E-state index in [9.17, 15) is 0 Å². The van der Waals surface area contributed by atoms with Crippen molar-refractivity contribution in [3.63, 3.8) is 0 Å². The Bertz CT molecular complexity index is 487. The molecule has 2 rings (SSSR count). The van der Waals surface area contributed by atoms with Crippen molar-refractivity contribution in [1.29, 1.82) is 0 Å². The number of nitrogens with two attached hydrogens (primary N) is 1. The molecule has 0 saturated heterocycles. The maximum atomic E-state index is 5.69. The van der Waals surface area contributed by atoms with Gasteiger partial charge in [0, 0.05) is 30.2 Å². The van der Waals surface area contributed by atoms with E-state index in [0.717, 1.165) is 36.6 Å². The Balaban J connectivity index is 1.64. The molecule has 1 aromatic carbocycles. The fraction of sp³-hybridized carbons (Fsp3) is 0.357. The van der Waals surface area contributed by atoms with Crippen molar-refractivity contribution in [1.82, 2.24) is 9.88 Å². The van der Waals surface area contributed by atoms with E-state index in [1.807, 2.05) is 29.8 Å². The molecular formula is C14H19N3OS. The first kappa shape index (κ1) is 13.8. The van der Waals surface area contributed by atoms with Gasteiger partial charge in [0.05, 0.1) is 17.8 Å². The summed E-state index contributed by atoms with van der Waals surface area (Å²) in [5.74, 6) is 0.835. The third kappa shape index (κ3) is 4.89. The molecule has 4 nitrogen and oxygen atoms in total. The fourth-order valence-electron chi connectivity index (χ4n) is 1.80. The summed E-state index contributed by atoms with van der Waals surface area (Å²) >= 11 is 1.63. The highest BCUT2D eigenvalue weighted by Crippen LogP contribution is 2.14. The maximum Gasteiger partial charge on any atom is 0.121 e. The van der Waals surface area contributed by atoms with E-state index in [4.69, 9.17) is 10.5 Å². The minimum Gasteiger partial charge on any atom is -0.493 e. The van der Waals surface area contributed by atoms with Crippen LogP contribution in [0.4, 0.5) is 5.69 Å². The molecule has 0 unspecified atom stereocenters. The van der Waals surface area contributed by atoms with Crippen molar-refractivity contribution in [2.75, 3.05) is 25.9 Å². The molecule has 0 amide bonds. The number of nitrogens with zero attached hydrogens (tertiary/aromatic N) is 2. The van der Waals surface area contributed by atoms with Crippen LogP contribution in [0.15, 0.2) is 35.2 Å². The Morgan fingerprint density at radius 1 is 1.42 bits per heavy atom. The van der Waals surface area contributed by atoms with Crippen LogP contribution in [0.2, 0.25) is 0 Å². The smallest absolute Gasteiger partial charge is 0.121 e. The molecule has 0 aliphatic heterocycles. The largest absolute Gasteiger partial charge is 0.493 e. The molecule has 0 aliphatic carbocycles. The number of hydrogen-bond acceptors (Lipinski definition) is 5. The van der Waals surface area contributed by atoms with Gasteiger partial charge in [0.15, 0.2) is 0 Å². The summed E-state index contributed by atoms with van der Waals surface area (Å²) in [6.07, 6.45) is 0.982. The van der Waals surface area contributed by atoms with E-state index in [2.05, 4.69) is 22.3 Å². The van der Waals surface area contributed by atoms with Gasteiger partial charge in [-0.05, 0) is 25.6 Å². The van der Waals surface area contributed by atoms with Gasteiger partial charge in [-0.25, -0.2) is 4.98 Å². The average Bonchev–Trinajstić information content (AvgIpc) is 2.87. The zero-order valence-electron chi connectivity index (χ0n) is 11.1. The van der Waals surface area contributed by atoms with Gasteiger partial charge in [-0.1, -0.05) is 6.07 Å². The summed E-state index contributed by atoms with van der Waals surface area (Å²) < 4.78 is 5.65. The molecule has 5 heteroatoms. The van der Waals surface area contributed by atoms with Crippen LogP contribution >= 0.6 is 11.3 Å². The normalized spacial score (nSPS) is 10.8. The number of aromatic nitrogens is 1. The Labute approximate surface area is 117 Å². The Morgan fingerprint density at radius 2 is 2.32 bits per heavy atom. The van der Waals surface area contributed by atoms with Crippen LogP contribution in [-0.4, -0.2) is 30.1 Å². The van der Waals surface area contributed by atoms with Crippen molar-refractivity contribution >= 4 is 17.0 Å². The van der Waals surface area contributed by atoms with Crippen molar-refractivity contribution in [2.45, 2.75) is 13.0 Å². The molecule has 0 fully saturated rings. The van der Waals surface area contributed by atoms with E-state index in [0.29, 0.717) is 6.61 Å². The summed E-state index contributed by atoms with van der Waals surface area (Å²) in [4.78, 5) is 6.52. The van der Waals surface area contributed by atoms with Gasteiger partial charge in [-0.15, -0.1) is 11.3 Å². The summed E-state index contributed by atoms with van der Waals surface area (Å²) in [6.45, 7) is 2.58. The topological polar surface area (TPSA) is 51.4 Å². The lowest BCUT2D eigenvalue weighted by Gasteiger charge is -2.15. The van der Waals surface area contributed by atoms with Crippen molar-refractivity contribution < 1.29 is 4.74 Å². The molecular weight excluding hydrogens is 258 g/mol. The molecule has 0 atom stereocenters. The van der Waals surface area contributed by atoms with Crippen LogP contribution in [0.3, 0.4) is 0 Å². The van der Waals surface area contributed by atoms with Gasteiger partial charge in [-0.3, -0.25) is 0 Å². The molecule has 0 radical (unpaired) electrons. The molecule has 2 aromatic rings. The molecule has 0 spiro atoms. The minimum absolute atomic E-state index is 0.699. The average molecular weight is 277 g/mol. The highest BCUT2D eigenvalue weighted by Gasteiger charge is 2.02. The molecule has 0 saturated carbocycles. The second-order valence-corrected chi connectivity index (χ2v) is 5.21. The molecule has 102 valence electrons. The van der Waals surface area contributed by atoms with Gasteiger partial charge in [0.25, 0.3) is 0 Å². The molecule has 1 aromatic heterocycles. The number of thiazole rings is 1. The van der Waals surface area contributed by atoms with E-state index < -0.39 is 0 Å². The first-order chi connectivity index (χ1) is 9.24. The van der Waals surface area contributed by atoms with E-state index in [1.165, 1.54) is 0 Å². The molecule has 19 heavy (non-hydrogen) atoms. The van der Waals surface area contributed by atoms with Crippen molar-refractivity contribution in [3.05, 3.63) is 40.8 Å². The number of benzene rings is 1. The number of rotatable bonds is 7. The van der Waals surface area contributed by atoms with Crippen LogP contribution < -0.4 is 10.5 Å². The molecule has 0 bridgehead atoms. The first-order valence-corrected chi connectivity index (χ1v) is 7.22. The Morgan fingerprint density at radius 3 is 3.05 bits per heavy atom. The summed E-state index contributed by atoms with van der Waals surface area (Å²) in [5, 5.41) is 2.08. The quantitative estimate of drug-likeness (QED) is 0.624. The Hall–Kier alpha value is -1.59. The summed E-state index contributed by atoms with van der Waals surface area (Å²) in [5.41, 5.74) is 9.42. The Kier molecular flexibility index (Phi) is 5.18. The highest BCUT2D eigenvalue weighted by molar-refractivity contribution is 7.07. The molecule has 1 heterocycles. The molecule has 0 aliphatic rings. The van der Waals surface area contributed by atoms with Gasteiger partial charge >= 0.3 is 0 Å². The maximum absolute atomic E-state index is 5.69. The van der Waals surface area contributed by atoms with E-state index in [-0.39, 0.29) is 0 Å². The number of anilines is 1. The highest BCUT2D eigenvalue weighted by atomic mass is 32.1. The first-order valence-electron chi connectivity index (χ1n) is 6.28. The monoisotopic (exact) mass is 277 g/mol. The van der Waals surface area contributed by atoms with E-state index >= 15 is 0 Å². The number of nitrogen functional groups attached to an aromatic ring is 1. The van der Waals surface area contributed by atoms with Gasteiger partial charge in [0.1, 0.15) is 5.75 Å². The van der Waals surface area contributed by atoms with Gasteiger partial charge in [-0.2, -0.15) is 0 Å². The zero-order valence-corrected chi connectivity index (χ0v) is 11.9. The van der Waals surface area contributed by atoms with Crippen molar-refractivity contribution in [2.24, 2.45) is 0 Å². The fourth-order valence-corrected chi connectivity index (χ4v) is 2.35. The number of hydrogen-bond donors (Lipinski definition) is 1. The van der Waals surface area contributed by atoms with Crippen LogP contribution in [0.1, 0.15) is 12.1 Å². The zero-order chi connectivity index (χ0) is 13.5. The van der Waals surface area contributed by atoms with Gasteiger partial charge < -0.3 is 15.4 Å². The second kappa shape index (κ2) is 7.11. The lowest BCUT2D eigenvalue weighted by atomic mass is 10.3. The predicted molar refractivity (Wildman–Crippen MR) is 79.4 cm³/mol. The van der Waals surface area contributed by atoms with Crippen LogP contribution in [0, 0.1) is 0 Å². The van der Waals surface area contributed by atoms with Crippen molar-refractivity contribution in [3.8, 4) is 5.75 Å². The van der Waals surface area contributed by atoms with E-state index in [1.54, 1.807) is 11.3 Å². The standard InChI is InChI=1S/C14H19N3OS/c1-17(9-13-10-19-11-16-13)6-3-7-18-14-5-2-4-12(15)8-14/h2,4-5,8,10-11H,3,6-7,9,15H2,1H3. The van der Waals surface area contributed by atoms with Crippen LogP contribution in [-0.2, 0) is 6.54 Å². The van der Waals surface area contributed by atoms with Gasteiger partial charge in [0.2, 0.25) is 0 Å². The summed E-state index contributed by atoms with van der Waals surface area (Å²) in [7, 11) is 2.10. The SMILES string of the molecule is CN(CCCOc1cccc(N)c1)Cc1cscn1. The third-order valence-corrected chi connectivity index (χ3v) is 3.36. The molecule has 2 N–H and O–H groups in total. The second-order valence-electron chi connectivity index (χ2n) is 4.49. The van der Waals surface area contributed by atoms with Crippen LogP contribution in [0.25, 0.3) is 0 Å². The lowest BCUT2D eigenvalue weighted by molar-refractivity contribution is 0.257. The third-order valence-electron chi connectivity index (χ3n) is 2.73. The number of ether oxygens (including phenoxy) is 1.